The van der Waals surface area contributed by atoms with E-state index in [2.05, 4.69) is 5.32 Å². The van der Waals surface area contributed by atoms with Crippen molar-refractivity contribution in [2.45, 2.75) is 18.9 Å². The lowest BCUT2D eigenvalue weighted by Crippen LogP contribution is -2.45. The van der Waals surface area contributed by atoms with Crippen molar-refractivity contribution in [1.82, 2.24) is 4.90 Å². The Balaban J connectivity index is 1.72. The number of hydrogen-bond acceptors (Lipinski definition) is 4. The number of hydrogen-bond donors (Lipinski definition) is 2. The molecule has 120 valence electrons. The predicted molar refractivity (Wildman–Crippen MR) is 91.8 cm³/mol. The normalized spacial score (nSPS) is 17.8. The average Bonchev–Trinajstić information content (AvgIpc) is 3.09. The van der Waals surface area contributed by atoms with Crippen LogP contribution in [0.1, 0.15) is 32.9 Å². The fourth-order valence-electron chi connectivity index (χ4n) is 2.71. The topological polar surface area (TPSA) is 75.4 Å². The molecule has 3 rings (SSSR count). The Morgan fingerprint density at radius 3 is 2.87 bits per heavy atom. The Labute approximate surface area is 139 Å². The number of anilines is 1. The van der Waals surface area contributed by atoms with Crippen LogP contribution in [-0.2, 0) is 0 Å². The smallest absolute Gasteiger partial charge is 0.265 e. The Morgan fingerprint density at radius 2 is 2.13 bits per heavy atom. The standard InChI is InChI=1S/C17H19N3O2S/c18-13-5-2-8-20(11-13)17(22)12-4-1-6-14(10-12)19-16(21)15-7-3-9-23-15/h1,3-4,6-7,9-10,13H,2,5,8,11,18H2,(H,19,21). The number of benzene rings is 1. The molecule has 6 heteroatoms. The van der Waals surface area contributed by atoms with Crippen molar-refractivity contribution in [2.75, 3.05) is 18.4 Å². The van der Waals surface area contributed by atoms with Gasteiger partial charge in [0, 0.05) is 30.4 Å². The van der Waals surface area contributed by atoms with Crippen molar-refractivity contribution >= 4 is 28.8 Å². The number of amides is 2. The summed E-state index contributed by atoms with van der Waals surface area (Å²) in [5.74, 6) is -0.197. The second-order valence-corrected chi connectivity index (χ2v) is 6.61. The highest BCUT2D eigenvalue weighted by molar-refractivity contribution is 7.12. The van der Waals surface area contributed by atoms with Gasteiger partial charge in [-0.2, -0.15) is 0 Å². The molecule has 0 spiro atoms. The molecule has 0 radical (unpaired) electrons. The van der Waals surface area contributed by atoms with E-state index >= 15 is 0 Å². The Kier molecular flexibility index (Phi) is 4.73. The minimum absolute atomic E-state index is 0.0348. The van der Waals surface area contributed by atoms with E-state index in [4.69, 9.17) is 5.73 Å². The average molecular weight is 329 g/mol. The van der Waals surface area contributed by atoms with E-state index in [1.165, 1.54) is 11.3 Å². The summed E-state index contributed by atoms with van der Waals surface area (Å²) >= 11 is 1.38. The predicted octanol–water partition coefficient (Wildman–Crippen LogP) is 2.56. The summed E-state index contributed by atoms with van der Waals surface area (Å²) in [4.78, 5) is 27.1. The Morgan fingerprint density at radius 1 is 1.26 bits per heavy atom. The van der Waals surface area contributed by atoms with E-state index in [9.17, 15) is 9.59 Å². The molecule has 1 saturated heterocycles. The van der Waals surface area contributed by atoms with Gasteiger partial charge in [0.25, 0.3) is 11.8 Å². The first kappa shape index (κ1) is 15.7. The molecule has 2 amide bonds. The SMILES string of the molecule is NC1CCCN(C(=O)c2cccc(NC(=O)c3cccs3)c2)C1. The van der Waals surface area contributed by atoms with E-state index in [-0.39, 0.29) is 17.9 Å². The number of piperidine rings is 1. The molecule has 1 aliphatic heterocycles. The zero-order chi connectivity index (χ0) is 16.2. The van der Waals surface area contributed by atoms with E-state index in [0.717, 1.165) is 19.4 Å². The number of nitrogens with zero attached hydrogens (tertiary/aromatic N) is 1. The third-order valence-corrected chi connectivity index (χ3v) is 4.73. The van der Waals surface area contributed by atoms with E-state index < -0.39 is 0 Å². The van der Waals surface area contributed by atoms with E-state index in [0.29, 0.717) is 22.7 Å². The maximum Gasteiger partial charge on any atom is 0.265 e. The van der Waals surface area contributed by atoms with Gasteiger partial charge in [0.2, 0.25) is 0 Å². The summed E-state index contributed by atoms with van der Waals surface area (Å²) in [6.07, 6.45) is 1.89. The maximum atomic E-state index is 12.6. The van der Waals surface area contributed by atoms with E-state index in [1.807, 2.05) is 11.4 Å². The molecule has 0 aliphatic carbocycles. The number of nitrogens with one attached hydrogen (secondary N) is 1. The van der Waals surface area contributed by atoms with Crippen LogP contribution in [-0.4, -0.2) is 35.8 Å². The molecule has 2 heterocycles. The molecule has 1 aromatic heterocycles. The fourth-order valence-corrected chi connectivity index (χ4v) is 3.33. The summed E-state index contributed by atoms with van der Waals surface area (Å²) < 4.78 is 0. The zero-order valence-corrected chi connectivity index (χ0v) is 13.5. The van der Waals surface area contributed by atoms with Crippen molar-refractivity contribution in [3.63, 3.8) is 0 Å². The third-order valence-electron chi connectivity index (χ3n) is 3.86. The van der Waals surface area contributed by atoms with Crippen LogP contribution in [0.5, 0.6) is 0 Å². The number of thiophene rings is 1. The zero-order valence-electron chi connectivity index (χ0n) is 12.7. The molecule has 1 atom stereocenters. The lowest BCUT2D eigenvalue weighted by atomic mass is 10.1. The second-order valence-electron chi connectivity index (χ2n) is 5.67. The van der Waals surface area contributed by atoms with Crippen LogP contribution in [0.25, 0.3) is 0 Å². The van der Waals surface area contributed by atoms with Gasteiger partial charge in [0.1, 0.15) is 0 Å². The molecular weight excluding hydrogens is 310 g/mol. The highest BCUT2D eigenvalue weighted by Crippen LogP contribution is 2.18. The molecule has 23 heavy (non-hydrogen) atoms. The number of rotatable bonds is 3. The van der Waals surface area contributed by atoms with Gasteiger partial charge in [0.15, 0.2) is 0 Å². The molecule has 5 nitrogen and oxygen atoms in total. The molecule has 2 aromatic rings. The summed E-state index contributed by atoms with van der Waals surface area (Å²) in [5.41, 5.74) is 7.13. The number of carbonyl (C=O) groups excluding carboxylic acids is 2. The molecule has 0 bridgehead atoms. The highest BCUT2D eigenvalue weighted by atomic mass is 32.1. The van der Waals surface area contributed by atoms with Crippen LogP contribution in [0.4, 0.5) is 5.69 Å². The minimum Gasteiger partial charge on any atom is -0.337 e. The third kappa shape index (κ3) is 3.78. The van der Waals surface area contributed by atoms with Crippen LogP contribution in [0.2, 0.25) is 0 Å². The fraction of sp³-hybridized carbons (Fsp3) is 0.294. The molecule has 1 aromatic carbocycles. The van der Waals surface area contributed by atoms with Gasteiger partial charge in [-0.15, -0.1) is 11.3 Å². The molecule has 1 aliphatic rings. The lowest BCUT2D eigenvalue weighted by molar-refractivity contribution is 0.0708. The van der Waals surface area contributed by atoms with Gasteiger partial charge in [-0.05, 0) is 42.5 Å². The lowest BCUT2D eigenvalue weighted by Gasteiger charge is -2.30. The summed E-state index contributed by atoms with van der Waals surface area (Å²) in [5, 5.41) is 4.68. The molecule has 3 N–H and O–H groups in total. The largest absolute Gasteiger partial charge is 0.337 e. The van der Waals surface area contributed by atoms with Crippen molar-refractivity contribution < 1.29 is 9.59 Å². The van der Waals surface area contributed by atoms with Crippen molar-refractivity contribution in [3.05, 3.63) is 52.2 Å². The van der Waals surface area contributed by atoms with Crippen molar-refractivity contribution in [2.24, 2.45) is 5.73 Å². The monoisotopic (exact) mass is 329 g/mol. The van der Waals surface area contributed by atoms with Crippen LogP contribution < -0.4 is 11.1 Å². The van der Waals surface area contributed by atoms with Gasteiger partial charge >= 0.3 is 0 Å². The first-order chi connectivity index (χ1) is 11.1. The number of likely N-dealkylation sites (tertiary alicyclic amines) is 1. The molecule has 1 unspecified atom stereocenters. The van der Waals surface area contributed by atoms with Crippen LogP contribution in [0.15, 0.2) is 41.8 Å². The maximum absolute atomic E-state index is 12.6. The highest BCUT2D eigenvalue weighted by Gasteiger charge is 2.22. The van der Waals surface area contributed by atoms with E-state index in [1.54, 1.807) is 35.2 Å². The Hall–Kier alpha value is -2.18. The summed E-state index contributed by atoms with van der Waals surface area (Å²) in [7, 11) is 0. The van der Waals surface area contributed by atoms with Crippen molar-refractivity contribution in [3.8, 4) is 0 Å². The van der Waals surface area contributed by atoms with Crippen LogP contribution >= 0.6 is 11.3 Å². The number of carbonyl (C=O) groups is 2. The van der Waals surface area contributed by atoms with Gasteiger partial charge in [-0.3, -0.25) is 9.59 Å². The van der Waals surface area contributed by atoms with Gasteiger partial charge in [0.05, 0.1) is 4.88 Å². The quantitative estimate of drug-likeness (QED) is 0.909. The first-order valence-corrected chi connectivity index (χ1v) is 8.51. The second kappa shape index (κ2) is 6.93. The van der Waals surface area contributed by atoms with Crippen LogP contribution in [0, 0.1) is 0 Å². The van der Waals surface area contributed by atoms with Crippen LogP contribution in [0.3, 0.4) is 0 Å². The summed E-state index contributed by atoms with van der Waals surface area (Å²) in [6.45, 7) is 1.32. The van der Waals surface area contributed by atoms with Crippen molar-refractivity contribution in [1.29, 1.82) is 0 Å². The molecule has 0 saturated carbocycles. The first-order valence-electron chi connectivity index (χ1n) is 7.63. The van der Waals surface area contributed by atoms with Gasteiger partial charge < -0.3 is 16.0 Å². The summed E-state index contributed by atoms with van der Waals surface area (Å²) in [6, 6.07) is 10.7. The molecule has 1 fully saturated rings. The number of nitrogens with two attached hydrogens (primary N) is 1. The minimum atomic E-state index is -0.162. The molecular formula is C17H19N3O2S. The van der Waals surface area contributed by atoms with Gasteiger partial charge in [-0.1, -0.05) is 12.1 Å². The van der Waals surface area contributed by atoms with Gasteiger partial charge in [-0.25, -0.2) is 0 Å². The Bertz CT molecular complexity index is 700.